The van der Waals surface area contributed by atoms with Crippen molar-refractivity contribution in [1.82, 2.24) is 9.80 Å². The maximum atomic E-state index is 13.6. The molecule has 2 atom stereocenters. The minimum Gasteiger partial charge on any atom is -0.340 e. The van der Waals surface area contributed by atoms with Gasteiger partial charge < -0.3 is 4.90 Å². The number of carbonyl (C=O) groups excluding carboxylic acids is 3. The lowest BCUT2D eigenvalue weighted by Gasteiger charge is -2.38. The Morgan fingerprint density at radius 2 is 1.89 bits per heavy atom. The number of rotatable bonds is 5. The van der Waals surface area contributed by atoms with Crippen molar-refractivity contribution in [2.45, 2.75) is 82.7 Å². The first-order valence-corrected chi connectivity index (χ1v) is 10.7. The van der Waals surface area contributed by atoms with Crippen molar-refractivity contribution in [2.75, 3.05) is 6.54 Å². The Morgan fingerprint density at radius 1 is 1.14 bits per heavy atom. The number of aryl methyl sites for hydroxylation is 1. The molecule has 1 saturated carbocycles. The van der Waals surface area contributed by atoms with Gasteiger partial charge in [0.25, 0.3) is 0 Å². The molecule has 0 unspecified atom stereocenters. The summed E-state index contributed by atoms with van der Waals surface area (Å²) < 4.78 is 0. The Balaban J connectivity index is 1.70. The third-order valence-corrected chi connectivity index (χ3v) is 6.79. The fourth-order valence-corrected chi connectivity index (χ4v) is 5.13. The van der Waals surface area contributed by atoms with Gasteiger partial charge in [-0.2, -0.15) is 0 Å². The van der Waals surface area contributed by atoms with Crippen LogP contribution in [-0.2, 0) is 19.8 Å². The summed E-state index contributed by atoms with van der Waals surface area (Å²) in [6.07, 6.45) is 6.12. The van der Waals surface area contributed by atoms with Crippen LogP contribution >= 0.6 is 0 Å². The molecule has 4 rings (SSSR count). The first-order valence-electron chi connectivity index (χ1n) is 10.7. The standard InChI is InChI=1S/C23H30N2O3/c1-3-17-9-6-7-13-24(17)20(26)14-23(19-10-5-4-8-16(19)2)15-21(27)25(22(23)28)18-11-12-18/h4-5,8,10,17-18H,3,6-7,9,11-15H2,1-2H3/t17-,23+/m1/s1. The lowest BCUT2D eigenvalue weighted by Crippen LogP contribution is -2.48. The van der Waals surface area contributed by atoms with Crippen LogP contribution in [0.25, 0.3) is 0 Å². The molecule has 2 aliphatic heterocycles. The monoisotopic (exact) mass is 382 g/mol. The van der Waals surface area contributed by atoms with Crippen LogP contribution in [0.3, 0.4) is 0 Å². The molecule has 1 aromatic carbocycles. The summed E-state index contributed by atoms with van der Waals surface area (Å²) in [5.41, 5.74) is 0.771. The van der Waals surface area contributed by atoms with E-state index in [0.29, 0.717) is 0 Å². The molecule has 3 amide bonds. The van der Waals surface area contributed by atoms with E-state index in [1.165, 1.54) is 4.90 Å². The molecule has 3 fully saturated rings. The zero-order valence-electron chi connectivity index (χ0n) is 16.9. The maximum Gasteiger partial charge on any atom is 0.241 e. The van der Waals surface area contributed by atoms with Gasteiger partial charge in [0, 0.05) is 31.5 Å². The molecule has 3 aliphatic rings. The number of carbonyl (C=O) groups is 3. The molecular weight excluding hydrogens is 352 g/mol. The second-order valence-corrected chi connectivity index (χ2v) is 8.70. The molecule has 2 saturated heterocycles. The van der Waals surface area contributed by atoms with E-state index in [0.717, 1.165) is 56.2 Å². The normalized spacial score (nSPS) is 28.1. The van der Waals surface area contributed by atoms with Crippen molar-refractivity contribution < 1.29 is 14.4 Å². The van der Waals surface area contributed by atoms with Gasteiger partial charge in [-0.25, -0.2) is 0 Å². The summed E-state index contributed by atoms with van der Waals surface area (Å²) in [4.78, 5) is 43.2. The summed E-state index contributed by atoms with van der Waals surface area (Å²) in [6.45, 7) is 4.84. The average Bonchev–Trinajstić information content (AvgIpc) is 3.49. The number of hydrogen-bond donors (Lipinski definition) is 0. The second-order valence-electron chi connectivity index (χ2n) is 8.70. The Morgan fingerprint density at radius 3 is 2.57 bits per heavy atom. The van der Waals surface area contributed by atoms with E-state index < -0.39 is 5.41 Å². The van der Waals surface area contributed by atoms with Crippen molar-refractivity contribution in [3.63, 3.8) is 0 Å². The van der Waals surface area contributed by atoms with Crippen molar-refractivity contribution in [3.8, 4) is 0 Å². The molecule has 0 N–H and O–H groups in total. The predicted molar refractivity (Wildman–Crippen MR) is 107 cm³/mol. The highest BCUT2D eigenvalue weighted by Crippen LogP contribution is 2.45. The molecule has 5 heteroatoms. The lowest BCUT2D eigenvalue weighted by atomic mass is 9.73. The minimum atomic E-state index is -1.04. The number of hydrogen-bond acceptors (Lipinski definition) is 3. The smallest absolute Gasteiger partial charge is 0.241 e. The summed E-state index contributed by atoms with van der Waals surface area (Å²) in [5, 5.41) is 0. The molecule has 2 heterocycles. The number of benzene rings is 1. The van der Waals surface area contributed by atoms with Crippen LogP contribution in [0.4, 0.5) is 0 Å². The first-order chi connectivity index (χ1) is 13.5. The zero-order valence-corrected chi connectivity index (χ0v) is 16.9. The van der Waals surface area contributed by atoms with E-state index in [2.05, 4.69) is 6.92 Å². The van der Waals surface area contributed by atoms with Crippen LogP contribution in [0.5, 0.6) is 0 Å². The van der Waals surface area contributed by atoms with Gasteiger partial charge in [-0.3, -0.25) is 19.3 Å². The third kappa shape index (κ3) is 3.15. The molecule has 0 bridgehead atoms. The molecule has 1 aliphatic carbocycles. The third-order valence-electron chi connectivity index (χ3n) is 6.79. The van der Waals surface area contributed by atoms with E-state index in [-0.39, 0.29) is 42.6 Å². The van der Waals surface area contributed by atoms with Crippen LogP contribution in [0.1, 0.15) is 69.4 Å². The van der Waals surface area contributed by atoms with E-state index in [9.17, 15) is 14.4 Å². The number of imide groups is 1. The van der Waals surface area contributed by atoms with Gasteiger partial charge in [0.1, 0.15) is 0 Å². The molecule has 150 valence electrons. The maximum absolute atomic E-state index is 13.6. The Labute approximate surface area is 167 Å². The average molecular weight is 383 g/mol. The van der Waals surface area contributed by atoms with Crippen molar-refractivity contribution in [1.29, 1.82) is 0 Å². The topological polar surface area (TPSA) is 57.7 Å². The van der Waals surface area contributed by atoms with E-state index in [1.807, 2.05) is 36.1 Å². The highest BCUT2D eigenvalue weighted by molar-refractivity contribution is 6.11. The largest absolute Gasteiger partial charge is 0.340 e. The number of amides is 3. The fraction of sp³-hybridized carbons (Fsp3) is 0.609. The Hall–Kier alpha value is -2.17. The van der Waals surface area contributed by atoms with Crippen molar-refractivity contribution in [3.05, 3.63) is 35.4 Å². The molecule has 0 aromatic heterocycles. The van der Waals surface area contributed by atoms with Crippen LogP contribution in [0.2, 0.25) is 0 Å². The summed E-state index contributed by atoms with van der Waals surface area (Å²) in [5.74, 6) is -0.254. The van der Waals surface area contributed by atoms with Gasteiger partial charge in [-0.15, -0.1) is 0 Å². The number of nitrogens with zero attached hydrogens (tertiary/aromatic N) is 2. The minimum absolute atomic E-state index is 0.0219. The van der Waals surface area contributed by atoms with E-state index >= 15 is 0 Å². The molecule has 0 spiro atoms. The summed E-state index contributed by atoms with van der Waals surface area (Å²) in [6, 6.07) is 8.03. The van der Waals surface area contributed by atoms with E-state index in [4.69, 9.17) is 0 Å². The summed E-state index contributed by atoms with van der Waals surface area (Å²) >= 11 is 0. The fourth-order valence-electron chi connectivity index (χ4n) is 5.13. The number of likely N-dealkylation sites (tertiary alicyclic amines) is 2. The van der Waals surface area contributed by atoms with Crippen LogP contribution in [-0.4, -0.2) is 46.1 Å². The number of piperidine rings is 1. The van der Waals surface area contributed by atoms with Crippen LogP contribution in [0.15, 0.2) is 24.3 Å². The molecule has 1 aromatic rings. The Kier molecular flexibility index (Phi) is 5.02. The van der Waals surface area contributed by atoms with Gasteiger partial charge in [-0.1, -0.05) is 31.2 Å². The molecule has 28 heavy (non-hydrogen) atoms. The van der Waals surface area contributed by atoms with Crippen LogP contribution < -0.4 is 0 Å². The van der Waals surface area contributed by atoms with Crippen molar-refractivity contribution in [2.24, 2.45) is 0 Å². The van der Waals surface area contributed by atoms with Gasteiger partial charge in [-0.05, 0) is 56.6 Å². The van der Waals surface area contributed by atoms with Gasteiger partial charge in [0.15, 0.2) is 0 Å². The lowest BCUT2D eigenvalue weighted by molar-refractivity contribution is -0.144. The molecule has 0 radical (unpaired) electrons. The van der Waals surface area contributed by atoms with Crippen molar-refractivity contribution >= 4 is 17.7 Å². The second kappa shape index (κ2) is 7.34. The summed E-state index contributed by atoms with van der Waals surface area (Å²) in [7, 11) is 0. The SMILES string of the molecule is CC[C@@H]1CCCCN1C(=O)C[C@@]1(c2ccccc2C)CC(=O)N(C2CC2)C1=O. The van der Waals surface area contributed by atoms with Gasteiger partial charge in [0.2, 0.25) is 17.7 Å². The highest BCUT2D eigenvalue weighted by Gasteiger charge is 2.57. The van der Waals surface area contributed by atoms with Crippen LogP contribution in [0, 0.1) is 6.92 Å². The quantitative estimate of drug-likeness (QED) is 0.734. The van der Waals surface area contributed by atoms with Gasteiger partial charge in [0.05, 0.1) is 5.41 Å². The molecule has 5 nitrogen and oxygen atoms in total. The van der Waals surface area contributed by atoms with E-state index in [1.54, 1.807) is 0 Å². The zero-order chi connectivity index (χ0) is 19.9. The van der Waals surface area contributed by atoms with Gasteiger partial charge >= 0.3 is 0 Å². The molecular formula is C23H30N2O3. The predicted octanol–water partition coefficient (Wildman–Crippen LogP) is 3.34. The Bertz CT molecular complexity index is 801. The first kappa shape index (κ1) is 19.2. The highest BCUT2D eigenvalue weighted by atomic mass is 16.2.